The molecule has 4 N–H and O–H groups in total. The maximum Gasteiger partial charge on any atom is 0.280 e. The Hall–Kier alpha value is -4.76. The first kappa shape index (κ1) is 35.4. The van der Waals surface area contributed by atoms with Crippen LogP contribution in [0.15, 0.2) is 53.6 Å². The fraction of sp³-hybridized carbons (Fsp3) is 0.375. The van der Waals surface area contributed by atoms with E-state index >= 15 is 0 Å². The molecule has 0 aromatic carbocycles. The molecule has 2 aromatic heterocycles. The number of carbonyl (C=O) groups excluding carboxylic acids is 4. The molecule has 12 heteroatoms. The molecule has 2 heterocycles. The lowest BCUT2D eigenvalue weighted by molar-refractivity contribution is -0.121. The van der Waals surface area contributed by atoms with E-state index in [1.807, 2.05) is 12.2 Å². The number of nitrogens with zero attached hydrogens (tertiary/aromatic N) is 2. The third kappa shape index (κ3) is 11.5. The molecule has 2 aromatic rings. The fourth-order valence-electron chi connectivity index (χ4n) is 4.18. The largest absolute Gasteiger partial charge is 0.353 e. The average Bonchev–Trinajstić information content (AvgIpc) is 3.44. The van der Waals surface area contributed by atoms with Gasteiger partial charge in [-0.05, 0) is 63.3 Å². The van der Waals surface area contributed by atoms with Crippen LogP contribution in [-0.4, -0.2) is 45.8 Å². The molecule has 3 rings (SSSR count). The van der Waals surface area contributed by atoms with Gasteiger partial charge in [0.05, 0.1) is 10.6 Å². The number of amides is 4. The van der Waals surface area contributed by atoms with Gasteiger partial charge in [0.1, 0.15) is 18.3 Å². The Morgan fingerprint density at radius 3 is 2.70 bits per heavy atom. The zero-order valence-corrected chi connectivity index (χ0v) is 26.0. The monoisotopic (exact) mass is 620 g/mol. The number of thiazole rings is 1. The predicted molar refractivity (Wildman–Crippen MR) is 174 cm³/mol. The van der Waals surface area contributed by atoms with Crippen LogP contribution in [0.25, 0.3) is 6.08 Å². The van der Waals surface area contributed by atoms with Crippen molar-refractivity contribution >= 4 is 46.7 Å². The Balaban J connectivity index is 0.00000330. The van der Waals surface area contributed by atoms with E-state index in [0.717, 1.165) is 47.2 Å². The molecule has 0 saturated carbocycles. The smallest absolute Gasteiger partial charge is 0.280 e. The summed E-state index contributed by atoms with van der Waals surface area (Å²) in [6.07, 6.45) is 21.5. The highest BCUT2D eigenvalue weighted by molar-refractivity contribution is 7.14. The molecule has 44 heavy (non-hydrogen) atoms. The lowest BCUT2D eigenvalue weighted by Gasteiger charge is -2.17. The number of anilines is 1. The normalized spacial score (nSPS) is 12.3. The van der Waals surface area contributed by atoms with Gasteiger partial charge in [-0.25, -0.2) is 4.98 Å². The molecular weight excluding hydrogens is 580 g/mol. The number of hydrogen-bond donors (Lipinski definition) is 4. The third-order valence-corrected chi connectivity index (χ3v) is 7.34. The molecule has 1 aliphatic rings. The SMILES string of the molecule is C#C.C=C(C)NC(=O)Cn1cccc(NC(=O)C(CC/C=C/C(=O)NCCCCC)NC(=O)c2nc3c(s2)C=CCC3)c1=O. The second-order valence-corrected chi connectivity index (χ2v) is 11.0. The van der Waals surface area contributed by atoms with Crippen LogP contribution in [0, 0.1) is 12.8 Å². The summed E-state index contributed by atoms with van der Waals surface area (Å²) in [6.45, 7) is 7.66. The van der Waals surface area contributed by atoms with Gasteiger partial charge in [-0.2, -0.15) is 0 Å². The highest BCUT2D eigenvalue weighted by Crippen LogP contribution is 2.25. The van der Waals surface area contributed by atoms with Gasteiger partial charge in [-0.3, -0.25) is 24.0 Å². The summed E-state index contributed by atoms with van der Waals surface area (Å²) < 4.78 is 1.16. The van der Waals surface area contributed by atoms with Crippen molar-refractivity contribution in [3.63, 3.8) is 0 Å². The lowest BCUT2D eigenvalue weighted by atomic mass is 10.1. The zero-order chi connectivity index (χ0) is 32.5. The first-order valence-electron chi connectivity index (χ1n) is 14.4. The van der Waals surface area contributed by atoms with Gasteiger partial charge in [-0.15, -0.1) is 24.2 Å². The maximum absolute atomic E-state index is 13.3. The fourth-order valence-corrected chi connectivity index (χ4v) is 5.12. The van der Waals surface area contributed by atoms with E-state index in [1.54, 1.807) is 13.0 Å². The Morgan fingerprint density at radius 1 is 1.23 bits per heavy atom. The van der Waals surface area contributed by atoms with Gasteiger partial charge in [0.25, 0.3) is 11.5 Å². The van der Waals surface area contributed by atoms with Crippen molar-refractivity contribution in [3.05, 3.63) is 74.8 Å². The topological polar surface area (TPSA) is 151 Å². The lowest BCUT2D eigenvalue weighted by Crippen LogP contribution is -2.44. The first-order valence-corrected chi connectivity index (χ1v) is 15.2. The summed E-state index contributed by atoms with van der Waals surface area (Å²) in [6, 6.07) is 1.94. The van der Waals surface area contributed by atoms with Gasteiger partial charge in [-0.1, -0.05) is 38.5 Å². The minimum atomic E-state index is -1.02. The molecule has 1 atom stereocenters. The van der Waals surface area contributed by atoms with Crippen molar-refractivity contribution in [1.82, 2.24) is 25.5 Å². The number of allylic oxidation sites excluding steroid dienone is 3. The third-order valence-electron chi connectivity index (χ3n) is 6.28. The number of pyridine rings is 1. The van der Waals surface area contributed by atoms with Crippen molar-refractivity contribution in [1.29, 1.82) is 0 Å². The number of aryl methyl sites for hydroxylation is 1. The molecule has 234 valence electrons. The number of terminal acetylenes is 1. The van der Waals surface area contributed by atoms with Crippen LogP contribution in [0.5, 0.6) is 0 Å². The highest BCUT2D eigenvalue weighted by Gasteiger charge is 2.25. The zero-order valence-electron chi connectivity index (χ0n) is 25.2. The van der Waals surface area contributed by atoms with E-state index in [-0.39, 0.29) is 29.6 Å². The highest BCUT2D eigenvalue weighted by atomic mass is 32.1. The van der Waals surface area contributed by atoms with Gasteiger partial charge in [0, 0.05) is 18.4 Å². The minimum absolute atomic E-state index is 0.0401. The number of hydrogen-bond acceptors (Lipinski definition) is 7. The van der Waals surface area contributed by atoms with Crippen LogP contribution in [0.2, 0.25) is 0 Å². The Kier molecular flexibility index (Phi) is 15.1. The van der Waals surface area contributed by atoms with Crippen LogP contribution in [0.1, 0.15) is 72.7 Å². The van der Waals surface area contributed by atoms with Gasteiger partial charge < -0.3 is 25.8 Å². The van der Waals surface area contributed by atoms with Gasteiger partial charge in [0.15, 0.2) is 5.01 Å². The molecule has 0 spiro atoms. The second kappa shape index (κ2) is 18.7. The number of rotatable bonds is 15. The van der Waals surface area contributed by atoms with Crippen molar-refractivity contribution < 1.29 is 19.2 Å². The molecule has 0 bridgehead atoms. The number of aromatic nitrogens is 2. The summed E-state index contributed by atoms with van der Waals surface area (Å²) in [5.74, 6) is -1.76. The Bertz CT molecular complexity index is 1470. The predicted octanol–water partition coefficient (Wildman–Crippen LogP) is 3.54. The minimum Gasteiger partial charge on any atom is -0.353 e. The van der Waals surface area contributed by atoms with Crippen molar-refractivity contribution in [2.45, 2.75) is 71.4 Å². The average molecular weight is 621 g/mol. The van der Waals surface area contributed by atoms with E-state index in [4.69, 9.17) is 0 Å². The van der Waals surface area contributed by atoms with E-state index in [9.17, 15) is 24.0 Å². The molecule has 0 radical (unpaired) electrons. The summed E-state index contributed by atoms with van der Waals surface area (Å²) >= 11 is 1.25. The summed E-state index contributed by atoms with van der Waals surface area (Å²) in [5, 5.41) is 10.9. The number of fused-ring (bicyclic) bond motifs is 1. The summed E-state index contributed by atoms with van der Waals surface area (Å²) in [7, 11) is 0. The second-order valence-electron chi connectivity index (χ2n) is 9.95. The summed E-state index contributed by atoms with van der Waals surface area (Å²) in [4.78, 5) is 68.9. The number of carbonyl (C=O) groups is 4. The van der Waals surface area contributed by atoms with Crippen LogP contribution < -0.4 is 26.8 Å². The standard InChI is InChI=1S/C30H38N6O5S.C2H2/c1-4-5-10-17-31-25(37)16-9-7-13-22(33-28(40)29-35-21-12-6-8-15-24(21)42-29)27(39)34-23-14-11-18-36(30(23)41)19-26(38)32-20(2)3;1-2/h8-9,11,14-16,18,22H,2,4-7,10,12-13,17,19H2,1,3H3,(H,31,37)(H,32,38)(H,33,40)(H,34,39);1-2H/b16-9+;. The van der Waals surface area contributed by atoms with Crippen molar-refractivity contribution in [2.75, 3.05) is 11.9 Å². The molecule has 11 nitrogen and oxygen atoms in total. The number of unbranched alkanes of at least 4 members (excludes halogenated alkanes) is 2. The van der Waals surface area contributed by atoms with Crippen LogP contribution in [0.4, 0.5) is 5.69 Å². The molecule has 0 saturated heterocycles. The Morgan fingerprint density at radius 2 is 2.00 bits per heavy atom. The van der Waals surface area contributed by atoms with Crippen molar-refractivity contribution in [2.24, 2.45) is 0 Å². The maximum atomic E-state index is 13.3. The van der Waals surface area contributed by atoms with Crippen molar-refractivity contribution in [3.8, 4) is 12.8 Å². The summed E-state index contributed by atoms with van der Waals surface area (Å²) in [5.41, 5.74) is 0.673. The van der Waals surface area contributed by atoms with E-state index in [2.05, 4.69) is 52.6 Å². The van der Waals surface area contributed by atoms with Gasteiger partial charge in [0.2, 0.25) is 17.7 Å². The first-order chi connectivity index (χ1) is 21.2. The number of nitrogens with one attached hydrogen (secondary N) is 4. The van der Waals surface area contributed by atoms with E-state index in [0.29, 0.717) is 18.7 Å². The van der Waals surface area contributed by atoms with Gasteiger partial charge >= 0.3 is 0 Å². The Labute approximate surface area is 261 Å². The molecule has 4 amide bonds. The molecule has 0 fully saturated rings. The molecule has 1 unspecified atom stereocenters. The molecule has 0 aliphatic heterocycles. The van der Waals surface area contributed by atoms with E-state index < -0.39 is 29.3 Å². The quantitative estimate of drug-likeness (QED) is 0.136. The van der Waals surface area contributed by atoms with E-state index in [1.165, 1.54) is 35.7 Å². The van der Waals surface area contributed by atoms with Crippen LogP contribution in [0.3, 0.4) is 0 Å². The van der Waals surface area contributed by atoms with Crippen LogP contribution in [-0.2, 0) is 27.3 Å². The molecular formula is C32H40N6O5S. The molecule has 1 aliphatic carbocycles. The van der Waals surface area contributed by atoms with Crippen LogP contribution >= 0.6 is 11.3 Å².